The molecule has 0 fully saturated rings. The predicted octanol–water partition coefficient (Wildman–Crippen LogP) is 7.54. The number of carbonyl (C=O) groups excluding carboxylic acids is 2. The molecular formula is C34H26O4. The van der Waals surface area contributed by atoms with Gasteiger partial charge in [-0.2, -0.15) is 0 Å². The molecule has 0 N–H and O–H groups in total. The summed E-state index contributed by atoms with van der Waals surface area (Å²) in [5.74, 6) is 1.50. The van der Waals surface area contributed by atoms with E-state index in [2.05, 4.69) is 6.92 Å². The lowest BCUT2D eigenvalue weighted by Gasteiger charge is -2.30. The second-order valence-electron chi connectivity index (χ2n) is 9.58. The average molecular weight is 499 g/mol. The van der Waals surface area contributed by atoms with Crippen molar-refractivity contribution < 1.29 is 19.1 Å². The van der Waals surface area contributed by atoms with Crippen LogP contribution >= 0.6 is 0 Å². The molecule has 4 nitrogen and oxygen atoms in total. The molecule has 4 aromatic rings. The van der Waals surface area contributed by atoms with Crippen LogP contribution in [0, 0.1) is 13.8 Å². The molecule has 0 atom stereocenters. The number of hydrogen-bond acceptors (Lipinski definition) is 4. The minimum Gasteiger partial charge on any atom is -0.456 e. The Morgan fingerprint density at radius 2 is 1.03 bits per heavy atom. The van der Waals surface area contributed by atoms with Crippen LogP contribution in [0.5, 0.6) is 11.5 Å². The van der Waals surface area contributed by atoms with Crippen molar-refractivity contribution in [2.24, 2.45) is 0 Å². The third kappa shape index (κ3) is 3.77. The smallest absolute Gasteiger partial charge is 0.198 e. The van der Waals surface area contributed by atoms with E-state index in [-0.39, 0.29) is 22.7 Å². The van der Waals surface area contributed by atoms with E-state index in [9.17, 15) is 9.59 Å². The van der Waals surface area contributed by atoms with Crippen molar-refractivity contribution in [2.75, 3.05) is 0 Å². The fourth-order valence-corrected chi connectivity index (χ4v) is 5.05. The Bertz CT molecular complexity index is 1700. The summed E-state index contributed by atoms with van der Waals surface area (Å²) in [5, 5.41) is 0. The Kier molecular flexibility index (Phi) is 5.80. The maximum atomic E-state index is 14.2. The summed E-state index contributed by atoms with van der Waals surface area (Å²) in [7, 11) is 0. The Morgan fingerprint density at radius 1 is 0.553 bits per heavy atom. The van der Waals surface area contributed by atoms with E-state index in [0.29, 0.717) is 45.3 Å². The van der Waals surface area contributed by atoms with Gasteiger partial charge >= 0.3 is 0 Å². The summed E-state index contributed by atoms with van der Waals surface area (Å²) in [5.41, 5.74) is 5.56. The van der Waals surface area contributed by atoms with Crippen LogP contribution in [0.1, 0.15) is 55.5 Å². The Hall–Kier alpha value is -4.70. The van der Waals surface area contributed by atoms with Crippen molar-refractivity contribution in [3.63, 3.8) is 0 Å². The normalized spacial score (nSPS) is 14.2. The molecule has 0 aliphatic heterocycles. The lowest BCUT2D eigenvalue weighted by Crippen LogP contribution is -2.29. The summed E-state index contributed by atoms with van der Waals surface area (Å²) in [6, 6.07) is 28.3. The summed E-state index contributed by atoms with van der Waals surface area (Å²) >= 11 is 0. The van der Waals surface area contributed by atoms with Gasteiger partial charge in [-0.25, -0.2) is 0 Å². The summed E-state index contributed by atoms with van der Waals surface area (Å²) in [6.07, 6.45) is 0.787. The van der Waals surface area contributed by atoms with Crippen LogP contribution < -0.4 is 9.47 Å². The highest BCUT2D eigenvalue weighted by molar-refractivity contribution is 6.34. The summed E-state index contributed by atoms with van der Waals surface area (Å²) < 4.78 is 13.1. The number of ketones is 2. The molecular weight excluding hydrogens is 472 g/mol. The van der Waals surface area contributed by atoms with Gasteiger partial charge in [-0.15, -0.1) is 0 Å². The van der Waals surface area contributed by atoms with E-state index >= 15 is 0 Å². The van der Waals surface area contributed by atoms with Crippen molar-refractivity contribution in [2.45, 2.75) is 27.2 Å². The number of carbonyl (C=O) groups is 2. The molecule has 0 heterocycles. The van der Waals surface area contributed by atoms with E-state index in [0.717, 1.165) is 23.1 Å². The fourth-order valence-electron chi connectivity index (χ4n) is 5.05. The minimum atomic E-state index is -0.253. The molecule has 0 aromatic heterocycles. The van der Waals surface area contributed by atoms with E-state index in [4.69, 9.17) is 9.47 Å². The van der Waals surface area contributed by atoms with Crippen LogP contribution in [0.15, 0.2) is 102 Å². The largest absolute Gasteiger partial charge is 0.456 e. The Labute approximate surface area is 221 Å². The molecule has 0 bridgehead atoms. The molecule has 0 amide bonds. The van der Waals surface area contributed by atoms with Gasteiger partial charge in [0.15, 0.2) is 11.6 Å². The molecule has 4 heteroatoms. The van der Waals surface area contributed by atoms with Crippen LogP contribution in [0.3, 0.4) is 0 Å². The van der Waals surface area contributed by atoms with Gasteiger partial charge in [-0.3, -0.25) is 9.59 Å². The second kappa shape index (κ2) is 9.31. The van der Waals surface area contributed by atoms with Crippen LogP contribution in [0.25, 0.3) is 11.5 Å². The highest BCUT2D eigenvalue weighted by Gasteiger charge is 2.42. The lowest BCUT2D eigenvalue weighted by atomic mass is 9.76. The quantitative estimate of drug-likeness (QED) is 0.285. The van der Waals surface area contributed by atoms with Gasteiger partial charge in [0.1, 0.15) is 23.0 Å². The van der Waals surface area contributed by atoms with Crippen LogP contribution in [-0.2, 0) is 6.42 Å². The minimum absolute atomic E-state index is 0.234. The highest BCUT2D eigenvalue weighted by Crippen LogP contribution is 2.46. The zero-order valence-corrected chi connectivity index (χ0v) is 21.5. The second-order valence-corrected chi connectivity index (χ2v) is 9.58. The molecule has 6 rings (SSSR count). The van der Waals surface area contributed by atoms with Gasteiger partial charge in [-0.05, 0) is 55.2 Å². The SMILES string of the molecule is CCc1ccc2c(c1)C(Oc1ccccc1C)=C1C(=O)c3ccccc3C(Oc3ccccc3C)=C1C2=O. The van der Waals surface area contributed by atoms with Crippen LogP contribution in [0.4, 0.5) is 0 Å². The molecule has 0 radical (unpaired) electrons. The van der Waals surface area contributed by atoms with Crippen molar-refractivity contribution in [3.05, 3.63) is 141 Å². The first-order valence-electron chi connectivity index (χ1n) is 12.8. The van der Waals surface area contributed by atoms with Crippen LogP contribution in [0.2, 0.25) is 0 Å². The number of Topliss-reactive ketones (excluding diaryl/α,β-unsaturated/α-hetero) is 2. The van der Waals surface area contributed by atoms with E-state index < -0.39 is 0 Å². The first kappa shape index (κ1) is 23.7. The monoisotopic (exact) mass is 498 g/mol. The molecule has 0 spiro atoms. The Balaban J connectivity index is 1.69. The number of aryl methyl sites for hydroxylation is 3. The standard InChI is InChI=1S/C34H26O4/c1-4-22-17-18-24-26(19-22)34(38-28-16-10-6-12-21(28)3)30-29(32(24)36)33(37-27-15-9-5-11-20(27)2)25-14-8-7-13-23(25)31(30)35/h5-19H,4H2,1-3H3. The fraction of sp³-hybridized carbons (Fsp3) is 0.118. The molecule has 0 unspecified atom stereocenters. The topological polar surface area (TPSA) is 52.6 Å². The number of para-hydroxylation sites is 2. The number of rotatable bonds is 5. The molecule has 4 aromatic carbocycles. The van der Waals surface area contributed by atoms with E-state index in [1.54, 1.807) is 6.07 Å². The van der Waals surface area contributed by atoms with Crippen molar-refractivity contribution in [1.82, 2.24) is 0 Å². The van der Waals surface area contributed by atoms with Crippen molar-refractivity contribution in [1.29, 1.82) is 0 Å². The molecule has 186 valence electrons. The van der Waals surface area contributed by atoms with E-state index in [1.807, 2.05) is 98.8 Å². The first-order valence-corrected chi connectivity index (χ1v) is 12.8. The molecule has 0 saturated carbocycles. The number of hydrogen-bond donors (Lipinski definition) is 0. The predicted molar refractivity (Wildman–Crippen MR) is 148 cm³/mol. The third-order valence-corrected chi connectivity index (χ3v) is 7.17. The number of fused-ring (bicyclic) bond motifs is 3. The van der Waals surface area contributed by atoms with Gasteiger partial charge < -0.3 is 9.47 Å². The van der Waals surface area contributed by atoms with Gasteiger partial charge in [0.05, 0.1) is 11.1 Å². The molecule has 2 aliphatic rings. The number of ether oxygens (including phenoxy) is 2. The third-order valence-electron chi connectivity index (χ3n) is 7.17. The summed E-state index contributed by atoms with van der Waals surface area (Å²) in [4.78, 5) is 28.3. The number of allylic oxidation sites excluding steroid dienone is 2. The highest BCUT2D eigenvalue weighted by atomic mass is 16.5. The van der Waals surface area contributed by atoms with Crippen LogP contribution in [-0.4, -0.2) is 11.6 Å². The zero-order chi connectivity index (χ0) is 26.4. The number of benzene rings is 4. The molecule has 0 saturated heterocycles. The van der Waals surface area contributed by atoms with E-state index in [1.165, 1.54) is 0 Å². The van der Waals surface area contributed by atoms with Crippen molar-refractivity contribution in [3.8, 4) is 11.5 Å². The van der Waals surface area contributed by atoms with Gasteiger partial charge in [0.25, 0.3) is 0 Å². The maximum Gasteiger partial charge on any atom is 0.198 e. The summed E-state index contributed by atoms with van der Waals surface area (Å²) in [6.45, 7) is 5.97. The zero-order valence-electron chi connectivity index (χ0n) is 21.5. The van der Waals surface area contributed by atoms with Gasteiger partial charge in [-0.1, -0.05) is 79.7 Å². The maximum absolute atomic E-state index is 14.2. The van der Waals surface area contributed by atoms with Gasteiger partial charge in [0.2, 0.25) is 0 Å². The molecule has 2 aliphatic carbocycles. The Morgan fingerprint density at radius 3 is 1.58 bits per heavy atom. The lowest BCUT2D eigenvalue weighted by molar-refractivity contribution is 0.0989. The molecule has 38 heavy (non-hydrogen) atoms. The van der Waals surface area contributed by atoms with Gasteiger partial charge in [0, 0.05) is 22.3 Å². The van der Waals surface area contributed by atoms with Crippen molar-refractivity contribution >= 4 is 23.1 Å². The first-order chi connectivity index (χ1) is 18.5. The average Bonchev–Trinajstić information content (AvgIpc) is 2.94.